The van der Waals surface area contributed by atoms with Crippen LogP contribution in [0.4, 0.5) is 0 Å². The zero-order valence-electron chi connectivity index (χ0n) is 11.2. The molecule has 2 N–H and O–H groups in total. The van der Waals surface area contributed by atoms with Crippen molar-refractivity contribution in [1.82, 2.24) is 4.90 Å². The van der Waals surface area contributed by atoms with E-state index < -0.39 is 0 Å². The van der Waals surface area contributed by atoms with Crippen LogP contribution in [0, 0.1) is 11.8 Å². The van der Waals surface area contributed by atoms with Crippen molar-refractivity contribution in [1.29, 1.82) is 0 Å². The van der Waals surface area contributed by atoms with Crippen LogP contribution in [0.25, 0.3) is 0 Å². The monoisotopic (exact) mass is 236 g/mol. The molecule has 2 unspecified atom stereocenters. The molecule has 0 amide bonds. The van der Waals surface area contributed by atoms with Gasteiger partial charge in [-0.1, -0.05) is 32.1 Å². The van der Waals surface area contributed by atoms with Crippen molar-refractivity contribution in [3.05, 3.63) is 0 Å². The van der Waals surface area contributed by atoms with Crippen LogP contribution in [-0.2, 0) is 0 Å². The minimum Gasteiger partial charge on any atom is -0.329 e. The Bertz CT molecular complexity index is 244. The Labute approximate surface area is 106 Å². The van der Waals surface area contributed by atoms with Gasteiger partial charge in [-0.3, -0.25) is 4.90 Å². The lowest BCUT2D eigenvalue weighted by Crippen LogP contribution is -2.53. The number of hydrogen-bond donors (Lipinski definition) is 1. The van der Waals surface area contributed by atoms with Crippen molar-refractivity contribution in [2.24, 2.45) is 17.6 Å². The first-order valence-electron chi connectivity index (χ1n) is 7.79. The molecule has 3 rings (SSSR count). The summed E-state index contributed by atoms with van der Waals surface area (Å²) in [6, 6.07) is 0. The summed E-state index contributed by atoms with van der Waals surface area (Å²) in [4.78, 5) is 2.81. The Morgan fingerprint density at radius 2 is 1.47 bits per heavy atom. The van der Waals surface area contributed by atoms with Gasteiger partial charge in [-0.05, 0) is 37.5 Å². The second-order valence-corrected chi connectivity index (χ2v) is 6.70. The summed E-state index contributed by atoms with van der Waals surface area (Å²) in [5.74, 6) is 2.03. The van der Waals surface area contributed by atoms with E-state index in [9.17, 15) is 0 Å². The molecule has 0 aromatic heterocycles. The molecule has 0 bridgehead atoms. The molecule has 0 radical (unpaired) electrons. The molecule has 2 aliphatic carbocycles. The minimum absolute atomic E-state index is 0.390. The smallest absolute Gasteiger partial charge is 0.0331 e. The molecule has 0 spiro atoms. The average Bonchev–Trinajstić information content (AvgIpc) is 2.84. The van der Waals surface area contributed by atoms with Crippen LogP contribution >= 0.6 is 0 Å². The summed E-state index contributed by atoms with van der Waals surface area (Å²) < 4.78 is 0. The molecule has 1 aliphatic heterocycles. The number of fused-ring (bicyclic) bond motifs is 1. The first kappa shape index (κ1) is 12.0. The van der Waals surface area contributed by atoms with Gasteiger partial charge >= 0.3 is 0 Å². The van der Waals surface area contributed by atoms with E-state index >= 15 is 0 Å². The van der Waals surface area contributed by atoms with Crippen LogP contribution in [0.15, 0.2) is 0 Å². The lowest BCUT2D eigenvalue weighted by atomic mass is 9.88. The van der Waals surface area contributed by atoms with Gasteiger partial charge in [0.05, 0.1) is 0 Å². The maximum Gasteiger partial charge on any atom is 0.0331 e. The fourth-order valence-electron chi connectivity index (χ4n) is 4.66. The highest BCUT2D eigenvalue weighted by Gasteiger charge is 2.44. The SMILES string of the molecule is NCC1(N2CC3CCCC3C2)CCCCCC1. The molecule has 0 aromatic rings. The van der Waals surface area contributed by atoms with Crippen LogP contribution in [0.2, 0.25) is 0 Å². The fraction of sp³-hybridized carbons (Fsp3) is 1.00. The number of rotatable bonds is 2. The van der Waals surface area contributed by atoms with Crippen molar-refractivity contribution in [3.8, 4) is 0 Å². The van der Waals surface area contributed by atoms with Crippen molar-refractivity contribution >= 4 is 0 Å². The molecule has 2 heteroatoms. The van der Waals surface area contributed by atoms with Crippen molar-refractivity contribution in [2.75, 3.05) is 19.6 Å². The van der Waals surface area contributed by atoms with E-state index in [0.29, 0.717) is 5.54 Å². The van der Waals surface area contributed by atoms with E-state index in [-0.39, 0.29) is 0 Å². The van der Waals surface area contributed by atoms with Gasteiger partial charge in [-0.15, -0.1) is 0 Å². The summed E-state index contributed by atoms with van der Waals surface area (Å²) >= 11 is 0. The Balaban J connectivity index is 1.71. The van der Waals surface area contributed by atoms with Gasteiger partial charge in [0, 0.05) is 25.2 Å². The third-order valence-corrected chi connectivity index (χ3v) is 5.81. The molecule has 2 saturated carbocycles. The van der Waals surface area contributed by atoms with Crippen LogP contribution in [0.1, 0.15) is 57.8 Å². The zero-order chi connectivity index (χ0) is 11.7. The molecular formula is C15H28N2. The summed E-state index contributed by atoms with van der Waals surface area (Å²) in [5.41, 5.74) is 6.59. The van der Waals surface area contributed by atoms with Gasteiger partial charge in [0.1, 0.15) is 0 Å². The van der Waals surface area contributed by atoms with Gasteiger partial charge in [-0.2, -0.15) is 0 Å². The maximum absolute atomic E-state index is 6.20. The van der Waals surface area contributed by atoms with Gasteiger partial charge < -0.3 is 5.73 Å². The molecule has 1 heterocycles. The van der Waals surface area contributed by atoms with Crippen molar-refractivity contribution in [3.63, 3.8) is 0 Å². The summed E-state index contributed by atoms with van der Waals surface area (Å²) in [5, 5.41) is 0. The molecular weight excluding hydrogens is 208 g/mol. The van der Waals surface area contributed by atoms with Crippen LogP contribution in [0.3, 0.4) is 0 Å². The second-order valence-electron chi connectivity index (χ2n) is 6.70. The van der Waals surface area contributed by atoms with Crippen molar-refractivity contribution in [2.45, 2.75) is 63.3 Å². The highest BCUT2D eigenvalue weighted by atomic mass is 15.2. The molecule has 1 saturated heterocycles. The summed E-state index contributed by atoms with van der Waals surface area (Å²) in [7, 11) is 0. The molecule has 2 nitrogen and oxygen atoms in total. The summed E-state index contributed by atoms with van der Waals surface area (Å²) in [6.45, 7) is 3.62. The lowest BCUT2D eigenvalue weighted by molar-refractivity contribution is 0.0957. The minimum atomic E-state index is 0.390. The normalized spacial score (nSPS) is 37.9. The van der Waals surface area contributed by atoms with Crippen molar-refractivity contribution < 1.29 is 0 Å². The Hall–Kier alpha value is -0.0800. The Morgan fingerprint density at radius 1 is 0.882 bits per heavy atom. The van der Waals surface area contributed by atoms with E-state index in [1.165, 1.54) is 70.9 Å². The number of nitrogens with zero attached hydrogens (tertiary/aromatic N) is 1. The Kier molecular flexibility index (Phi) is 3.45. The fourth-order valence-corrected chi connectivity index (χ4v) is 4.66. The van der Waals surface area contributed by atoms with Gasteiger partial charge in [-0.25, -0.2) is 0 Å². The predicted octanol–water partition coefficient (Wildman–Crippen LogP) is 2.77. The quantitative estimate of drug-likeness (QED) is 0.747. The average molecular weight is 236 g/mol. The van der Waals surface area contributed by atoms with E-state index in [1.807, 2.05) is 0 Å². The highest BCUT2D eigenvalue weighted by molar-refractivity contribution is 5.00. The Morgan fingerprint density at radius 3 is 2.00 bits per heavy atom. The number of nitrogens with two attached hydrogens (primary N) is 1. The predicted molar refractivity (Wildman–Crippen MR) is 71.9 cm³/mol. The third-order valence-electron chi connectivity index (χ3n) is 5.81. The molecule has 3 aliphatic rings. The number of hydrogen-bond acceptors (Lipinski definition) is 2. The summed E-state index contributed by atoms with van der Waals surface area (Å²) in [6.07, 6.45) is 12.9. The second kappa shape index (κ2) is 4.89. The standard InChI is InChI=1S/C15H28N2/c16-12-15(8-3-1-2-4-9-15)17-10-13-6-5-7-14(13)11-17/h13-14H,1-12,16H2. The number of likely N-dealkylation sites (tertiary alicyclic amines) is 1. The van der Waals surface area contributed by atoms with Crippen LogP contribution in [0.5, 0.6) is 0 Å². The van der Waals surface area contributed by atoms with Crippen LogP contribution < -0.4 is 5.73 Å². The van der Waals surface area contributed by atoms with Gasteiger partial charge in [0.2, 0.25) is 0 Å². The molecule has 17 heavy (non-hydrogen) atoms. The molecule has 3 fully saturated rings. The lowest BCUT2D eigenvalue weighted by Gasteiger charge is -2.41. The topological polar surface area (TPSA) is 29.3 Å². The van der Waals surface area contributed by atoms with E-state index in [1.54, 1.807) is 0 Å². The van der Waals surface area contributed by atoms with Crippen LogP contribution in [-0.4, -0.2) is 30.1 Å². The first-order chi connectivity index (χ1) is 8.34. The van der Waals surface area contributed by atoms with E-state index in [4.69, 9.17) is 5.73 Å². The third kappa shape index (κ3) is 2.15. The molecule has 98 valence electrons. The largest absolute Gasteiger partial charge is 0.329 e. The van der Waals surface area contributed by atoms with Gasteiger partial charge in [0.15, 0.2) is 0 Å². The van der Waals surface area contributed by atoms with Gasteiger partial charge in [0.25, 0.3) is 0 Å². The van der Waals surface area contributed by atoms with E-state index in [0.717, 1.165) is 18.4 Å². The molecule has 0 aromatic carbocycles. The highest BCUT2D eigenvalue weighted by Crippen LogP contribution is 2.43. The molecule has 2 atom stereocenters. The van der Waals surface area contributed by atoms with E-state index in [2.05, 4.69) is 4.90 Å². The maximum atomic E-state index is 6.20. The zero-order valence-corrected chi connectivity index (χ0v) is 11.2. The first-order valence-corrected chi connectivity index (χ1v) is 7.79.